The number of amides is 1. The van der Waals surface area contributed by atoms with E-state index in [1.165, 1.54) is 0 Å². The molecule has 0 aromatic heterocycles. The average molecular weight is 419 g/mol. The highest BCUT2D eigenvalue weighted by atomic mass is 16.5. The van der Waals surface area contributed by atoms with E-state index >= 15 is 0 Å². The number of carbonyl (C=O) groups excluding carboxylic acids is 1. The van der Waals surface area contributed by atoms with Crippen molar-refractivity contribution in [3.8, 4) is 17.2 Å². The Hall–Kier alpha value is -1.99. The third-order valence-corrected chi connectivity index (χ3v) is 6.68. The van der Waals surface area contributed by atoms with Crippen LogP contribution in [0.15, 0.2) is 18.2 Å². The number of methoxy groups -OCH3 is 2. The molecule has 0 unspecified atom stereocenters. The van der Waals surface area contributed by atoms with Crippen LogP contribution in [0.1, 0.15) is 44.9 Å². The van der Waals surface area contributed by atoms with Gasteiger partial charge in [-0.05, 0) is 57.1 Å². The van der Waals surface area contributed by atoms with E-state index in [2.05, 4.69) is 10.6 Å². The van der Waals surface area contributed by atoms with Crippen molar-refractivity contribution in [2.45, 2.75) is 69.2 Å². The van der Waals surface area contributed by atoms with Crippen molar-refractivity contribution in [1.82, 2.24) is 10.6 Å². The lowest BCUT2D eigenvalue weighted by Gasteiger charge is -2.39. The zero-order valence-electron chi connectivity index (χ0n) is 18.0. The third kappa shape index (κ3) is 4.83. The van der Waals surface area contributed by atoms with Crippen LogP contribution >= 0.6 is 0 Å². The third-order valence-electron chi connectivity index (χ3n) is 6.68. The summed E-state index contributed by atoms with van der Waals surface area (Å²) in [5.41, 5.74) is 0. The van der Waals surface area contributed by atoms with Gasteiger partial charge in [-0.3, -0.25) is 4.79 Å². The van der Waals surface area contributed by atoms with Gasteiger partial charge in [-0.1, -0.05) is 6.07 Å². The number of ether oxygens (including phenoxy) is 4. The lowest BCUT2D eigenvalue weighted by Crippen LogP contribution is -2.53. The fraction of sp³-hybridized carbons (Fsp3) is 0.696. The summed E-state index contributed by atoms with van der Waals surface area (Å²) in [5.74, 6) is 2.31. The van der Waals surface area contributed by atoms with E-state index in [0.717, 1.165) is 58.1 Å². The first-order chi connectivity index (χ1) is 14.7. The Morgan fingerprint density at radius 1 is 1.07 bits per heavy atom. The maximum Gasteiger partial charge on any atom is 0.223 e. The van der Waals surface area contributed by atoms with E-state index in [9.17, 15) is 4.79 Å². The van der Waals surface area contributed by atoms with Gasteiger partial charge in [-0.15, -0.1) is 0 Å². The molecule has 1 aromatic rings. The molecule has 1 aromatic carbocycles. The first-order valence-electron chi connectivity index (χ1n) is 11.2. The Morgan fingerprint density at radius 3 is 2.63 bits per heavy atom. The zero-order chi connectivity index (χ0) is 20.9. The normalized spacial score (nSPS) is 31.3. The molecule has 0 bridgehead atoms. The molecule has 30 heavy (non-hydrogen) atoms. The van der Waals surface area contributed by atoms with Gasteiger partial charge in [-0.25, -0.2) is 0 Å². The van der Waals surface area contributed by atoms with Gasteiger partial charge in [-0.2, -0.15) is 0 Å². The highest BCUT2D eigenvalue weighted by Gasteiger charge is 2.36. The highest BCUT2D eigenvalue weighted by molar-refractivity contribution is 5.79. The number of benzene rings is 1. The Kier molecular flexibility index (Phi) is 7.00. The van der Waals surface area contributed by atoms with Gasteiger partial charge < -0.3 is 29.6 Å². The molecule has 1 amide bonds. The molecule has 7 nitrogen and oxygen atoms in total. The van der Waals surface area contributed by atoms with Gasteiger partial charge in [0.15, 0.2) is 11.5 Å². The molecule has 1 aliphatic heterocycles. The Labute approximate surface area is 178 Å². The smallest absolute Gasteiger partial charge is 0.223 e. The van der Waals surface area contributed by atoms with Crippen LogP contribution in [-0.4, -0.2) is 57.6 Å². The summed E-state index contributed by atoms with van der Waals surface area (Å²) in [7, 11) is 3.25. The lowest BCUT2D eigenvalue weighted by atomic mass is 9.82. The monoisotopic (exact) mass is 418 g/mol. The lowest BCUT2D eigenvalue weighted by molar-refractivity contribution is -0.129. The van der Waals surface area contributed by atoms with Gasteiger partial charge >= 0.3 is 0 Å². The van der Waals surface area contributed by atoms with E-state index in [1.807, 2.05) is 18.2 Å². The second kappa shape index (κ2) is 9.88. The fourth-order valence-corrected chi connectivity index (χ4v) is 5.02. The van der Waals surface area contributed by atoms with E-state index in [1.54, 1.807) is 14.2 Å². The summed E-state index contributed by atoms with van der Waals surface area (Å²) < 4.78 is 22.9. The minimum atomic E-state index is 0.0930. The maximum absolute atomic E-state index is 12.8. The first-order valence-corrected chi connectivity index (χ1v) is 11.2. The van der Waals surface area contributed by atoms with Gasteiger partial charge in [0.1, 0.15) is 0 Å². The van der Waals surface area contributed by atoms with Gasteiger partial charge in [0, 0.05) is 24.5 Å². The fourth-order valence-electron chi connectivity index (χ4n) is 5.02. The van der Waals surface area contributed by atoms with Crippen LogP contribution in [-0.2, 0) is 9.53 Å². The molecule has 4 rings (SSSR count). The van der Waals surface area contributed by atoms with Crippen molar-refractivity contribution >= 4 is 5.91 Å². The summed E-state index contributed by atoms with van der Waals surface area (Å²) in [6, 6.07) is 6.24. The average Bonchev–Trinajstić information content (AvgIpc) is 2.79. The van der Waals surface area contributed by atoms with Crippen molar-refractivity contribution < 1.29 is 23.7 Å². The molecule has 1 heterocycles. The minimum Gasteiger partial charge on any atom is -0.493 e. The Bertz CT molecular complexity index is 720. The Balaban J connectivity index is 1.24. The molecule has 7 heteroatoms. The van der Waals surface area contributed by atoms with Crippen molar-refractivity contribution in [2.75, 3.05) is 27.4 Å². The summed E-state index contributed by atoms with van der Waals surface area (Å²) in [6.45, 7) is 1.67. The topological polar surface area (TPSA) is 78.1 Å². The maximum atomic E-state index is 12.8. The van der Waals surface area contributed by atoms with E-state index in [-0.39, 0.29) is 30.1 Å². The number of morpholine rings is 1. The number of rotatable bonds is 6. The van der Waals surface area contributed by atoms with Crippen molar-refractivity contribution in [1.29, 1.82) is 0 Å². The predicted molar refractivity (Wildman–Crippen MR) is 113 cm³/mol. The van der Waals surface area contributed by atoms with Crippen LogP contribution in [0.3, 0.4) is 0 Å². The molecule has 2 N–H and O–H groups in total. The van der Waals surface area contributed by atoms with Crippen molar-refractivity contribution in [3.05, 3.63) is 18.2 Å². The molecule has 3 fully saturated rings. The molecule has 0 spiro atoms. The molecule has 2 aliphatic carbocycles. The largest absolute Gasteiger partial charge is 0.493 e. The van der Waals surface area contributed by atoms with Gasteiger partial charge in [0.25, 0.3) is 0 Å². The number of nitrogens with one attached hydrogen (secondary N) is 2. The highest BCUT2D eigenvalue weighted by Crippen LogP contribution is 2.38. The quantitative estimate of drug-likeness (QED) is 0.740. The van der Waals surface area contributed by atoms with Crippen LogP contribution in [0.2, 0.25) is 0 Å². The van der Waals surface area contributed by atoms with Crippen molar-refractivity contribution in [2.24, 2.45) is 5.92 Å². The van der Waals surface area contributed by atoms with Crippen LogP contribution in [0.4, 0.5) is 0 Å². The second-order valence-electron chi connectivity index (χ2n) is 8.57. The summed E-state index contributed by atoms with van der Waals surface area (Å²) in [4.78, 5) is 12.8. The molecular formula is C23H34N2O5. The summed E-state index contributed by atoms with van der Waals surface area (Å²) >= 11 is 0. The minimum absolute atomic E-state index is 0.0930. The molecule has 0 radical (unpaired) electrons. The van der Waals surface area contributed by atoms with E-state index < -0.39 is 0 Å². The molecular weight excluding hydrogens is 384 g/mol. The van der Waals surface area contributed by atoms with Gasteiger partial charge in [0.2, 0.25) is 11.7 Å². The molecule has 2 saturated carbocycles. The standard InChI is InChI=1S/C23H34N2O5/c1-27-20-4-3-5-21(22(20)28-2)30-17-9-7-16(8-10-17)25-23(26)15-6-11-19-18(14-15)24-12-13-29-19/h3-5,15-19,24H,6-14H2,1-2H3,(H,25,26)/t15-,16?,17?,18+,19+/m0/s1. The van der Waals surface area contributed by atoms with Crippen LogP contribution in [0.25, 0.3) is 0 Å². The molecule has 3 atom stereocenters. The predicted octanol–water partition coefficient (Wildman–Crippen LogP) is 2.67. The van der Waals surface area contributed by atoms with Crippen LogP contribution in [0, 0.1) is 5.92 Å². The number of carbonyl (C=O) groups is 1. The number of hydrogen-bond donors (Lipinski definition) is 2. The van der Waals surface area contributed by atoms with Crippen molar-refractivity contribution in [3.63, 3.8) is 0 Å². The van der Waals surface area contributed by atoms with Gasteiger partial charge in [0.05, 0.1) is 33.0 Å². The second-order valence-corrected chi connectivity index (χ2v) is 8.57. The van der Waals surface area contributed by atoms with E-state index in [4.69, 9.17) is 18.9 Å². The summed E-state index contributed by atoms with van der Waals surface area (Å²) in [5, 5.41) is 6.82. The molecule has 166 valence electrons. The first kappa shape index (κ1) is 21.2. The SMILES string of the molecule is COc1cccc(OC2CCC(NC(=O)[C@H]3CC[C@H]4OCCN[C@@H]4C3)CC2)c1OC. The number of para-hydroxylation sites is 1. The van der Waals surface area contributed by atoms with E-state index in [0.29, 0.717) is 23.3 Å². The molecule has 1 saturated heterocycles. The Morgan fingerprint density at radius 2 is 1.87 bits per heavy atom. The van der Waals surface area contributed by atoms with Crippen LogP contribution in [0.5, 0.6) is 17.2 Å². The molecule has 3 aliphatic rings. The zero-order valence-corrected chi connectivity index (χ0v) is 18.0. The van der Waals surface area contributed by atoms with Crippen LogP contribution < -0.4 is 24.8 Å². The number of hydrogen-bond acceptors (Lipinski definition) is 6. The summed E-state index contributed by atoms with van der Waals surface area (Å²) in [6.07, 6.45) is 6.87. The number of fused-ring (bicyclic) bond motifs is 1.